The number of benzene rings is 1. The van der Waals surface area contributed by atoms with Gasteiger partial charge in [0.25, 0.3) is 0 Å². The second kappa shape index (κ2) is 5.00. The Labute approximate surface area is 102 Å². The molecule has 0 saturated heterocycles. The number of methoxy groups -OCH3 is 1. The normalized spacial score (nSPS) is 10.6. The Bertz CT molecular complexity index is 471. The second-order valence-corrected chi connectivity index (χ2v) is 4.36. The van der Waals surface area contributed by atoms with Crippen molar-refractivity contribution in [3.8, 4) is 17.0 Å². The molecule has 0 spiro atoms. The van der Waals surface area contributed by atoms with E-state index in [9.17, 15) is 0 Å². The van der Waals surface area contributed by atoms with Gasteiger partial charge in [0, 0.05) is 5.56 Å². The average Bonchev–Trinajstić information content (AvgIpc) is 2.39. The van der Waals surface area contributed by atoms with Gasteiger partial charge in [-0.15, -0.1) is 0 Å². The molecule has 1 aromatic carbocycles. The summed E-state index contributed by atoms with van der Waals surface area (Å²) in [5.41, 5.74) is 3.46. The first-order valence-electron chi connectivity index (χ1n) is 5.81. The molecule has 2 rings (SSSR count). The van der Waals surface area contributed by atoms with Gasteiger partial charge in [0.2, 0.25) is 0 Å². The van der Waals surface area contributed by atoms with Crippen LogP contribution < -0.4 is 4.74 Å². The summed E-state index contributed by atoms with van der Waals surface area (Å²) >= 11 is 0. The molecule has 0 aliphatic rings. The smallest absolute Gasteiger partial charge is 0.137 e. The fourth-order valence-electron chi connectivity index (χ4n) is 1.71. The minimum atomic E-state index is 0.563. The van der Waals surface area contributed by atoms with E-state index in [1.54, 1.807) is 13.3 Å². The number of rotatable bonds is 3. The quantitative estimate of drug-likeness (QED) is 0.793. The van der Waals surface area contributed by atoms with Gasteiger partial charge in [-0.25, -0.2) is 0 Å². The first-order chi connectivity index (χ1) is 8.20. The first-order valence-corrected chi connectivity index (χ1v) is 5.81. The molecule has 0 amide bonds. The predicted octanol–water partition coefficient (Wildman–Crippen LogP) is 3.88. The van der Waals surface area contributed by atoms with Crippen LogP contribution in [-0.2, 0) is 0 Å². The summed E-state index contributed by atoms with van der Waals surface area (Å²) in [6.45, 7) is 4.39. The Morgan fingerprint density at radius 1 is 1.00 bits per heavy atom. The Morgan fingerprint density at radius 2 is 1.71 bits per heavy atom. The zero-order chi connectivity index (χ0) is 12.3. The molecular weight excluding hydrogens is 210 g/mol. The van der Waals surface area contributed by atoms with Crippen LogP contribution in [0.4, 0.5) is 0 Å². The van der Waals surface area contributed by atoms with Crippen molar-refractivity contribution in [1.29, 1.82) is 0 Å². The van der Waals surface area contributed by atoms with Crippen molar-refractivity contribution in [3.63, 3.8) is 0 Å². The van der Waals surface area contributed by atoms with Crippen LogP contribution in [0.1, 0.15) is 25.3 Å². The van der Waals surface area contributed by atoms with Gasteiger partial charge in [0.1, 0.15) is 5.75 Å². The molecule has 0 unspecified atom stereocenters. The van der Waals surface area contributed by atoms with Crippen molar-refractivity contribution in [2.45, 2.75) is 19.8 Å². The molecule has 0 radical (unpaired) electrons. The van der Waals surface area contributed by atoms with E-state index in [2.05, 4.69) is 43.1 Å². The predicted molar refractivity (Wildman–Crippen MR) is 70.3 cm³/mol. The summed E-state index contributed by atoms with van der Waals surface area (Å²) in [6.07, 6.45) is 1.74. The van der Waals surface area contributed by atoms with Gasteiger partial charge in [0.15, 0.2) is 0 Å². The minimum Gasteiger partial charge on any atom is -0.495 e. The van der Waals surface area contributed by atoms with Crippen molar-refractivity contribution >= 4 is 0 Å². The molecule has 0 bridgehead atoms. The number of hydrogen-bond donors (Lipinski definition) is 0. The van der Waals surface area contributed by atoms with Crippen molar-refractivity contribution in [3.05, 3.63) is 48.2 Å². The highest BCUT2D eigenvalue weighted by molar-refractivity contribution is 5.59. The third-order valence-electron chi connectivity index (χ3n) is 2.85. The lowest BCUT2D eigenvalue weighted by molar-refractivity contribution is 0.413. The summed E-state index contributed by atoms with van der Waals surface area (Å²) in [4.78, 5) is 4.37. The van der Waals surface area contributed by atoms with E-state index >= 15 is 0 Å². The molecule has 0 fully saturated rings. The van der Waals surface area contributed by atoms with E-state index in [-0.39, 0.29) is 0 Å². The van der Waals surface area contributed by atoms with Gasteiger partial charge in [-0.1, -0.05) is 38.1 Å². The third kappa shape index (κ3) is 2.64. The van der Waals surface area contributed by atoms with Gasteiger partial charge >= 0.3 is 0 Å². The van der Waals surface area contributed by atoms with Crippen molar-refractivity contribution in [2.75, 3.05) is 7.11 Å². The van der Waals surface area contributed by atoms with Crippen LogP contribution in [0, 0.1) is 0 Å². The van der Waals surface area contributed by atoms with E-state index in [1.807, 2.05) is 12.1 Å². The van der Waals surface area contributed by atoms with Crippen molar-refractivity contribution in [2.24, 2.45) is 0 Å². The van der Waals surface area contributed by atoms with Gasteiger partial charge in [-0.05, 0) is 23.6 Å². The molecule has 0 saturated carbocycles. The summed E-state index contributed by atoms with van der Waals surface area (Å²) in [7, 11) is 1.65. The van der Waals surface area contributed by atoms with Crippen LogP contribution in [0.2, 0.25) is 0 Å². The molecule has 17 heavy (non-hydrogen) atoms. The van der Waals surface area contributed by atoms with Gasteiger partial charge < -0.3 is 4.74 Å². The van der Waals surface area contributed by atoms with Crippen LogP contribution in [0.3, 0.4) is 0 Å². The topological polar surface area (TPSA) is 22.1 Å². The third-order valence-corrected chi connectivity index (χ3v) is 2.85. The monoisotopic (exact) mass is 227 g/mol. The molecule has 0 aliphatic heterocycles. The molecular formula is C15H17NO. The molecule has 0 aliphatic carbocycles. The number of pyridine rings is 1. The minimum absolute atomic E-state index is 0.563. The average molecular weight is 227 g/mol. The Morgan fingerprint density at radius 3 is 2.18 bits per heavy atom. The lowest BCUT2D eigenvalue weighted by atomic mass is 10.0. The van der Waals surface area contributed by atoms with Crippen molar-refractivity contribution in [1.82, 2.24) is 4.98 Å². The molecule has 2 nitrogen and oxygen atoms in total. The zero-order valence-corrected chi connectivity index (χ0v) is 10.5. The summed E-state index contributed by atoms with van der Waals surface area (Å²) in [6, 6.07) is 12.5. The van der Waals surface area contributed by atoms with E-state index in [0.29, 0.717) is 5.92 Å². The van der Waals surface area contributed by atoms with Crippen LogP contribution in [0.25, 0.3) is 11.3 Å². The molecule has 2 aromatic rings. The molecule has 2 heteroatoms. The maximum atomic E-state index is 5.09. The first kappa shape index (κ1) is 11.6. The summed E-state index contributed by atoms with van der Waals surface area (Å²) in [5, 5.41) is 0. The van der Waals surface area contributed by atoms with Crippen molar-refractivity contribution < 1.29 is 4.74 Å². The highest BCUT2D eigenvalue weighted by Gasteiger charge is 2.02. The number of ether oxygens (including phenoxy) is 1. The Balaban J connectivity index is 2.26. The second-order valence-electron chi connectivity index (χ2n) is 4.36. The SMILES string of the molecule is COc1ccc(-c2ccc(C(C)C)cc2)nc1. The number of nitrogens with zero attached hydrogens (tertiary/aromatic N) is 1. The lowest BCUT2D eigenvalue weighted by Crippen LogP contribution is -1.89. The van der Waals surface area contributed by atoms with Gasteiger partial charge in [-0.2, -0.15) is 0 Å². The zero-order valence-electron chi connectivity index (χ0n) is 10.5. The molecule has 88 valence electrons. The number of aromatic nitrogens is 1. The van der Waals surface area contributed by atoms with Gasteiger partial charge in [-0.3, -0.25) is 4.98 Å². The van der Waals surface area contributed by atoms with E-state index in [4.69, 9.17) is 4.74 Å². The molecule has 1 heterocycles. The fraction of sp³-hybridized carbons (Fsp3) is 0.267. The van der Waals surface area contributed by atoms with Crippen LogP contribution in [0.15, 0.2) is 42.6 Å². The summed E-state index contributed by atoms with van der Waals surface area (Å²) in [5.74, 6) is 1.35. The fourth-order valence-corrected chi connectivity index (χ4v) is 1.71. The number of hydrogen-bond acceptors (Lipinski definition) is 2. The van der Waals surface area contributed by atoms with E-state index < -0.39 is 0 Å². The van der Waals surface area contributed by atoms with Crippen LogP contribution in [-0.4, -0.2) is 12.1 Å². The Hall–Kier alpha value is -1.83. The molecule has 1 aromatic heterocycles. The van der Waals surface area contributed by atoms with E-state index in [1.165, 1.54) is 5.56 Å². The van der Waals surface area contributed by atoms with Gasteiger partial charge in [0.05, 0.1) is 19.0 Å². The lowest BCUT2D eigenvalue weighted by Gasteiger charge is -2.07. The highest BCUT2D eigenvalue weighted by atomic mass is 16.5. The molecule has 0 N–H and O–H groups in total. The highest BCUT2D eigenvalue weighted by Crippen LogP contribution is 2.22. The Kier molecular flexibility index (Phi) is 3.43. The summed E-state index contributed by atoms with van der Waals surface area (Å²) < 4.78 is 5.09. The maximum absolute atomic E-state index is 5.09. The molecule has 0 atom stereocenters. The van der Waals surface area contributed by atoms with Crippen LogP contribution in [0.5, 0.6) is 5.75 Å². The largest absolute Gasteiger partial charge is 0.495 e. The van der Waals surface area contributed by atoms with Crippen LogP contribution >= 0.6 is 0 Å². The maximum Gasteiger partial charge on any atom is 0.137 e. The van der Waals surface area contributed by atoms with E-state index in [0.717, 1.165) is 17.0 Å². The standard InChI is InChI=1S/C15H17NO/c1-11(2)12-4-6-13(7-5-12)15-9-8-14(17-3)10-16-15/h4-11H,1-3H3.